The molecule has 0 bridgehead atoms. The van der Waals surface area contributed by atoms with Crippen LogP contribution >= 0.6 is 0 Å². The second kappa shape index (κ2) is 7.25. The molecule has 2 aliphatic heterocycles. The number of nitrogens with one attached hydrogen (secondary N) is 1. The van der Waals surface area contributed by atoms with Crippen molar-refractivity contribution in [1.29, 1.82) is 0 Å². The van der Waals surface area contributed by atoms with Crippen molar-refractivity contribution in [3.8, 4) is 22.5 Å². The average Bonchev–Trinajstić information content (AvgIpc) is 3.35. The molecule has 4 aromatic rings. The Morgan fingerprint density at radius 1 is 1.06 bits per heavy atom. The largest absolute Gasteiger partial charge is 0.420 e. The molecule has 4 heterocycles. The number of imidazole rings is 1. The third kappa shape index (κ3) is 3.34. The fourth-order valence-electron chi connectivity index (χ4n) is 4.56. The topological polar surface area (TPSA) is 82.8 Å². The van der Waals surface area contributed by atoms with Crippen LogP contribution in [-0.4, -0.2) is 50.2 Å². The molecule has 178 valence electrons. The minimum Gasteiger partial charge on any atom is -0.378 e. The van der Waals surface area contributed by atoms with E-state index in [1.54, 1.807) is 28.8 Å². The van der Waals surface area contributed by atoms with Gasteiger partial charge in [0, 0.05) is 29.2 Å². The van der Waals surface area contributed by atoms with Crippen molar-refractivity contribution in [3.63, 3.8) is 0 Å². The van der Waals surface area contributed by atoms with Crippen LogP contribution in [0.4, 0.5) is 29.1 Å². The third-order valence-corrected chi connectivity index (χ3v) is 6.38. The molecule has 11 heteroatoms. The predicted octanol–water partition coefficient (Wildman–Crippen LogP) is 3.81. The number of hydrogen-bond acceptors (Lipinski definition) is 5. The zero-order chi connectivity index (χ0) is 24.5. The molecule has 7 nitrogen and oxygen atoms in total. The van der Waals surface area contributed by atoms with E-state index in [4.69, 9.17) is 4.98 Å². The molecule has 0 radical (unpaired) electrons. The van der Waals surface area contributed by atoms with Crippen LogP contribution < -0.4 is 10.2 Å². The van der Waals surface area contributed by atoms with E-state index in [-0.39, 0.29) is 18.1 Å². The number of β-amino-alcohol motifs (C(OH)–C–C–N with tert-alkyl or cyclic N) is 1. The van der Waals surface area contributed by atoms with Crippen LogP contribution in [0.25, 0.3) is 28.2 Å². The van der Waals surface area contributed by atoms with Gasteiger partial charge in [-0.2, -0.15) is 13.2 Å². The maximum absolute atomic E-state index is 13.6. The van der Waals surface area contributed by atoms with Crippen molar-refractivity contribution in [1.82, 2.24) is 14.4 Å². The Bertz CT molecular complexity index is 1490. The molecule has 0 saturated carbocycles. The summed E-state index contributed by atoms with van der Waals surface area (Å²) in [5.41, 5.74) is 1.41. The number of carbonyl (C=O) groups excluding carboxylic acids is 1. The van der Waals surface area contributed by atoms with Crippen LogP contribution in [0, 0.1) is 5.82 Å². The molecule has 2 aromatic heterocycles. The Morgan fingerprint density at radius 2 is 1.77 bits per heavy atom. The van der Waals surface area contributed by atoms with E-state index in [2.05, 4.69) is 10.3 Å². The summed E-state index contributed by atoms with van der Waals surface area (Å²) < 4.78 is 54.9. The quantitative estimate of drug-likeness (QED) is 0.433. The summed E-state index contributed by atoms with van der Waals surface area (Å²) in [5, 5.41) is 12.7. The van der Waals surface area contributed by atoms with E-state index in [1.807, 2.05) is 12.1 Å². The Labute approximate surface area is 195 Å². The lowest BCUT2D eigenvalue weighted by molar-refractivity contribution is -0.267. The number of halogens is 4. The number of alkyl halides is 3. The van der Waals surface area contributed by atoms with Gasteiger partial charge in [0.2, 0.25) is 5.91 Å². The van der Waals surface area contributed by atoms with E-state index in [1.165, 1.54) is 23.2 Å². The lowest BCUT2D eigenvalue weighted by Gasteiger charge is -2.47. The average molecular weight is 483 g/mol. The monoisotopic (exact) mass is 483 g/mol. The zero-order valence-corrected chi connectivity index (χ0v) is 18.0. The second-order valence-corrected chi connectivity index (χ2v) is 8.74. The highest BCUT2D eigenvalue weighted by Crippen LogP contribution is 2.42. The van der Waals surface area contributed by atoms with Crippen molar-refractivity contribution in [3.05, 3.63) is 66.2 Å². The summed E-state index contributed by atoms with van der Waals surface area (Å²) >= 11 is 0. The van der Waals surface area contributed by atoms with E-state index >= 15 is 0 Å². The first-order chi connectivity index (χ1) is 16.6. The molecule has 1 saturated heterocycles. The van der Waals surface area contributed by atoms with Gasteiger partial charge in [0.25, 0.3) is 0 Å². The molecule has 2 N–H and O–H groups in total. The first-order valence-corrected chi connectivity index (χ1v) is 10.7. The molecule has 1 amide bonds. The molecule has 6 rings (SSSR count). The molecular weight excluding hydrogens is 466 g/mol. The molecule has 2 aliphatic rings. The normalized spacial score (nSPS) is 16.8. The predicted molar refractivity (Wildman–Crippen MR) is 119 cm³/mol. The van der Waals surface area contributed by atoms with Gasteiger partial charge in [0.1, 0.15) is 5.82 Å². The van der Waals surface area contributed by atoms with Gasteiger partial charge in [-0.05, 0) is 42.0 Å². The summed E-state index contributed by atoms with van der Waals surface area (Å²) in [6.07, 6.45) is -1.45. The molecule has 0 aliphatic carbocycles. The molecule has 1 fully saturated rings. The smallest absolute Gasteiger partial charge is 0.378 e. The highest BCUT2D eigenvalue weighted by Gasteiger charge is 2.61. The van der Waals surface area contributed by atoms with Gasteiger partial charge in [-0.1, -0.05) is 6.07 Å². The van der Waals surface area contributed by atoms with Crippen molar-refractivity contribution in [2.24, 2.45) is 0 Å². The number of anilines is 2. The maximum Gasteiger partial charge on any atom is 0.420 e. The van der Waals surface area contributed by atoms with Gasteiger partial charge in [-0.25, -0.2) is 14.4 Å². The first kappa shape index (κ1) is 21.5. The van der Waals surface area contributed by atoms with Crippen LogP contribution in [0.3, 0.4) is 0 Å². The van der Waals surface area contributed by atoms with Crippen LogP contribution in [0.5, 0.6) is 0 Å². The Hall–Kier alpha value is -3.99. The fraction of sp³-hybridized carbons (Fsp3) is 0.208. The number of benzene rings is 2. The standard InChI is InChI=1S/C24H17F4N5O2/c25-16-4-1-13(2-5-16)19-20(14-3-6-17-15(9-14)10-18(34)30-17)33-8-7-29-21(22(33)31-19)32-11-23(35,12-32)24(26,27)28/h1-9,35H,10-12H2,(H,30,34). The summed E-state index contributed by atoms with van der Waals surface area (Å²) in [7, 11) is 0. The van der Waals surface area contributed by atoms with Gasteiger partial charge in [0.05, 0.1) is 30.9 Å². The molecule has 0 unspecified atom stereocenters. The van der Waals surface area contributed by atoms with Crippen LogP contribution in [0.1, 0.15) is 5.56 Å². The molecule has 0 atom stereocenters. The van der Waals surface area contributed by atoms with Crippen molar-refractivity contribution in [2.45, 2.75) is 18.2 Å². The van der Waals surface area contributed by atoms with Crippen LogP contribution in [-0.2, 0) is 11.2 Å². The fourth-order valence-corrected chi connectivity index (χ4v) is 4.56. The van der Waals surface area contributed by atoms with Crippen molar-refractivity contribution < 1.29 is 27.5 Å². The number of aromatic nitrogens is 3. The van der Waals surface area contributed by atoms with E-state index in [0.717, 1.165) is 11.1 Å². The second-order valence-electron chi connectivity index (χ2n) is 8.74. The SMILES string of the molecule is O=C1Cc2cc(-c3c(-c4ccc(F)cc4)nc4c(N5CC(O)(C(F)(F)F)C5)nccn34)ccc2N1. The Kier molecular flexibility index (Phi) is 4.46. The van der Waals surface area contributed by atoms with Gasteiger partial charge >= 0.3 is 6.18 Å². The van der Waals surface area contributed by atoms with Gasteiger partial charge in [0.15, 0.2) is 17.1 Å². The molecule has 35 heavy (non-hydrogen) atoms. The lowest BCUT2D eigenvalue weighted by Crippen LogP contribution is -2.69. The summed E-state index contributed by atoms with van der Waals surface area (Å²) in [6, 6.07) is 11.2. The van der Waals surface area contributed by atoms with Crippen LogP contribution in [0.2, 0.25) is 0 Å². The number of fused-ring (bicyclic) bond motifs is 2. The molecule has 2 aromatic carbocycles. The Balaban J connectivity index is 1.52. The minimum atomic E-state index is -4.76. The third-order valence-electron chi connectivity index (χ3n) is 6.38. The van der Waals surface area contributed by atoms with Gasteiger partial charge < -0.3 is 15.3 Å². The van der Waals surface area contributed by atoms with E-state index in [9.17, 15) is 27.5 Å². The van der Waals surface area contributed by atoms with Crippen molar-refractivity contribution >= 4 is 23.1 Å². The number of amides is 1. The van der Waals surface area contributed by atoms with Crippen molar-refractivity contribution in [2.75, 3.05) is 23.3 Å². The summed E-state index contributed by atoms with van der Waals surface area (Å²) in [4.78, 5) is 22.1. The highest BCUT2D eigenvalue weighted by atomic mass is 19.4. The number of aliphatic hydroxyl groups is 1. The lowest BCUT2D eigenvalue weighted by atomic mass is 9.93. The molecular formula is C24H17F4N5O2. The summed E-state index contributed by atoms with van der Waals surface area (Å²) in [6.45, 7) is -1.33. The maximum atomic E-state index is 13.6. The number of rotatable bonds is 3. The van der Waals surface area contributed by atoms with Crippen LogP contribution in [0.15, 0.2) is 54.9 Å². The number of carbonyl (C=O) groups is 1. The Morgan fingerprint density at radius 3 is 2.49 bits per heavy atom. The highest BCUT2D eigenvalue weighted by molar-refractivity contribution is 6.00. The van der Waals surface area contributed by atoms with Gasteiger partial charge in [-0.3, -0.25) is 9.20 Å². The van der Waals surface area contributed by atoms with E-state index in [0.29, 0.717) is 28.3 Å². The number of nitrogens with zero attached hydrogens (tertiary/aromatic N) is 4. The summed E-state index contributed by atoms with van der Waals surface area (Å²) in [5.74, 6) is -0.347. The van der Waals surface area contributed by atoms with Gasteiger partial charge in [-0.15, -0.1) is 0 Å². The molecule has 0 spiro atoms. The number of hydrogen-bond donors (Lipinski definition) is 2. The minimum absolute atomic E-state index is 0.115. The zero-order valence-electron chi connectivity index (χ0n) is 18.0. The van der Waals surface area contributed by atoms with E-state index < -0.39 is 30.7 Å². The first-order valence-electron chi connectivity index (χ1n) is 10.7.